The minimum Gasteiger partial charge on any atom is -0.497 e. The highest BCUT2D eigenvalue weighted by Gasteiger charge is 2.24. The first-order valence-corrected chi connectivity index (χ1v) is 12.2. The van der Waals surface area contributed by atoms with Crippen molar-refractivity contribution < 1.29 is 36.6 Å². The number of benzene rings is 2. The number of hydrogen-bond donors (Lipinski definition) is 1. The van der Waals surface area contributed by atoms with E-state index in [0.29, 0.717) is 17.1 Å². The number of nitrogens with one attached hydrogen (secondary N) is 1. The third-order valence-corrected chi connectivity index (χ3v) is 7.00. The van der Waals surface area contributed by atoms with Gasteiger partial charge in [0.05, 0.1) is 32.3 Å². The normalized spacial score (nSPS) is 11.5. The van der Waals surface area contributed by atoms with E-state index in [0.717, 1.165) is 0 Å². The van der Waals surface area contributed by atoms with Crippen LogP contribution in [0.4, 0.5) is 6.01 Å². The molecular weight excluding hydrogens is 492 g/mol. The summed E-state index contributed by atoms with van der Waals surface area (Å²) < 4.78 is 53.3. The smallest absolute Gasteiger partial charge is 0.322 e. The summed E-state index contributed by atoms with van der Waals surface area (Å²) in [6.45, 7) is 0.808. The molecule has 0 aliphatic carbocycles. The van der Waals surface area contributed by atoms with Crippen LogP contribution < -0.4 is 14.8 Å². The van der Waals surface area contributed by atoms with E-state index in [1.165, 1.54) is 57.0 Å². The van der Waals surface area contributed by atoms with Crippen molar-refractivity contribution in [1.29, 1.82) is 0 Å². The van der Waals surface area contributed by atoms with Gasteiger partial charge in [-0.25, -0.2) is 8.42 Å². The summed E-state index contributed by atoms with van der Waals surface area (Å²) in [6.07, 6.45) is 0. The van der Waals surface area contributed by atoms with Crippen LogP contribution in [-0.4, -0.2) is 83.6 Å². The van der Waals surface area contributed by atoms with Crippen molar-refractivity contribution in [3.8, 4) is 23.0 Å². The molecule has 0 saturated carbocycles. The fraction of sp³-hybridized carbons (Fsp3) is 0.348. The summed E-state index contributed by atoms with van der Waals surface area (Å²) in [5.41, 5.74) is 0.748. The molecule has 1 heterocycles. The molecule has 1 N–H and O–H groups in total. The molecule has 0 bridgehead atoms. The first-order valence-electron chi connectivity index (χ1n) is 10.8. The van der Waals surface area contributed by atoms with Crippen LogP contribution in [0, 0.1) is 0 Å². The van der Waals surface area contributed by atoms with E-state index in [9.17, 15) is 13.2 Å². The lowest BCUT2D eigenvalue weighted by molar-refractivity contribution is 0.102. The second-order valence-electron chi connectivity index (χ2n) is 7.38. The molecule has 0 spiro atoms. The second kappa shape index (κ2) is 12.4. The highest BCUT2D eigenvalue weighted by atomic mass is 32.2. The number of aromatic nitrogens is 2. The SMILES string of the molecule is COCCN(CCOC)S(=O)(=O)c1ccc(C(=O)Nc2nnc(-c3cc(OC)cc(OC)c3)o2)cc1. The average molecular weight is 521 g/mol. The van der Waals surface area contributed by atoms with Crippen molar-refractivity contribution in [3.05, 3.63) is 48.0 Å². The standard InChI is InChI=1S/C23H28N4O8S/c1-31-11-9-27(10-12-32-2)36(29,30)20-7-5-16(6-8-20)21(28)24-23-26-25-22(35-23)17-13-18(33-3)15-19(14-17)34-4/h5-8,13-15H,9-12H2,1-4H3,(H,24,26,28). The Morgan fingerprint density at radius 2 is 1.50 bits per heavy atom. The van der Waals surface area contributed by atoms with Crippen LogP contribution in [0.15, 0.2) is 51.8 Å². The molecule has 1 amide bonds. The summed E-state index contributed by atoms with van der Waals surface area (Å²) in [6, 6.07) is 10.5. The Labute approximate surface area is 209 Å². The third kappa shape index (κ3) is 6.57. The predicted molar refractivity (Wildman–Crippen MR) is 130 cm³/mol. The number of methoxy groups -OCH3 is 4. The fourth-order valence-electron chi connectivity index (χ4n) is 3.16. The van der Waals surface area contributed by atoms with Gasteiger partial charge in [-0.15, -0.1) is 5.10 Å². The quantitative estimate of drug-likeness (QED) is 0.357. The molecule has 1 aromatic heterocycles. The zero-order valence-corrected chi connectivity index (χ0v) is 21.2. The first-order chi connectivity index (χ1) is 17.3. The van der Waals surface area contributed by atoms with Gasteiger partial charge in [0.1, 0.15) is 11.5 Å². The molecular formula is C23H28N4O8S. The topological polar surface area (TPSA) is 142 Å². The van der Waals surface area contributed by atoms with Crippen LogP contribution in [0.5, 0.6) is 11.5 Å². The lowest BCUT2D eigenvalue weighted by Gasteiger charge is -2.21. The van der Waals surface area contributed by atoms with Crippen molar-refractivity contribution in [3.63, 3.8) is 0 Å². The highest BCUT2D eigenvalue weighted by Crippen LogP contribution is 2.29. The molecule has 2 aromatic carbocycles. The molecule has 12 nitrogen and oxygen atoms in total. The number of hydrogen-bond acceptors (Lipinski definition) is 10. The second-order valence-corrected chi connectivity index (χ2v) is 9.32. The van der Waals surface area contributed by atoms with E-state index in [2.05, 4.69) is 15.5 Å². The molecule has 13 heteroatoms. The molecule has 0 saturated heterocycles. The maximum atomic E-state index is 13.0. The van der Waals surface area contributed by atoms with E-state index in [1.54, 1.807) is 18.2 Å². The number of amides is 1. The number of sulfonamides is 1. The monoisotopic (exact) mass is 520 g/mol. The van der Waals surface area contributed by atoms with Crippen molar-refractivity contribution in [2.45, 2.75) is 4.90 Å². The van der Waals surface area contributed by atoms with Crippen LogP contribution in [0.25, 0.3) is 11.5 Å². The van der Waals surface area contributed by atoms with Crippen LogP contribution in [0.3, 0.4) is 0 Å². The van der Waals surface area contributed by atoms with Gasteiger partial charge in [0.15, 0.2) is 0 Å². The Kier molecular flexibility index (Phi) is 9.36. The molecule has 0 aliphatic rings. The van der Waals surface area contributed by atoms with Gasteiger partial charge in [0.25, 0.3) is 5.91 Å². The van der Waals surface area contributed by atoms with E-state index in [4.69, 9.17) is 23.4 Å². The molecule has 0 fully saturated rings. The van der Waals surface area contributed by atoms with Crippen LogP contribution in [0.1, 0.15) is 10.4 Å². The molecule has 194 valence electrons. The van der Waals surface area contributed by atoms with Gasteiger partial charge in [-0.05, 0) is 36.4 Å². The summed E-state index contributed by atoms with van der Waals surface area (Å²) in [5, 5.41) is 10.3. The largest absolute Gasteiger partial charge is 0.497 e. The van der Waals surface area contributed by atoms with Gasteiger partial charge in [0.2, 0.25) is 15.9 Å². The van der Waals surface area contributed by atoms with Gasteiger partial charge in [-0.3, -0.25) is 10.1 Å². The number of anilines is 1. The van der Waals surface area contributed by atoms with Gasteiger partial charge in [-0.2, -0.15) is 4.31 Å². The van der Waals surface area contributed by atoms with Gasteiger partial charge in [0, 0.05) is 44.5 Å². The summed E-state index contributed by atoms with van der Waals surface area (Å²) in [4.78, 5) is 12.7. The molecule has 0 aliphatic heterocycles. The van der Waals surface area contributed by atoms with Crippen molar-refractivity contribution >= 4 is 21.9 Å². The number of carbonyl (C=O) groups excluding carboxylic acids is 1. The number of rotatable bonds is 13. The zero-order chi connectivity index (χ0) is 26.1. The highest BCUT2D eigenvalue weighted by molar-refractivity contribution is 7.89. The average Bonchev–Trinajstić information content (AvgIpc) is 3.36. The Morgan fingerprint density at radius 3 is 2.03 bits per heavy atom. The maximum Gasteiger partial charge on any atom is 0.322 e. The van der Waals surface area contributed by atoms with Crippen LogP contribution >= 0.6 is 0 Å². The fourth-order valence-corrected chi connectivity index (χ4v) is 4.56. The maximum absolute atomic E-state index is 13.0. The Balaban J connectivity index is 1.73. The molecule has 3 rings (SSSR count). The Morgan fingerprint density at radius 1 is 0.917 bits per heavy atom. The van der Waals surface area contributed by atoms with Crippen LogP contribution in [-0.2, 0) is 19.5 Å². The van der Waals surface area contributed by atoms with Crippen molar-refractivity contribution in [1.82, 2.24) is 14.5 Å². The summed E-state index contributed by atoms with van der Waals surface area (Å²) >= 11 is 0. The van der Waals surface area contributed by atoms with Crippen molar-refractivity contribution in [2.24, 2.45) is 0 Å². The number of carbonyl (C=O) groups is 1. The number of ether oxygens (including phenoxy) is 4. The minimum absolute atomic E-state index is 0.0401. The lowest BCUT2D eigenvalue weighted by atomic mass is 10.2. The molecule has 36 heavy (non-hydrogen) atoms. The molecule has 0 atom stereocenters. The zero-order valence-electron chi connectivity index (χ0n) is 20.4. The van der Waals surface area contributed by atoms with Crippen molar-refractivity contribution in [2.75, 3.05) is 60.1 Å². The van der Waals surface area contributed by atoms with Gasteiger partial charge >= 0.3 is 6.01 Å². The lowest BCUT2D eigenvalue weighted by Crippen LogP contribution is -2.36. The van der Waals surface area contributed by atoms with E-state index >= 15 is 0 Å². The van der Waals surface area contributed by atoms with E-state index in [-0.39, 0.29) is 48.7 Å². The Bertz CT molecular complexity index is 1230. The Hall–Kier alpha value is -3.52. The molecule has 0 unspecified atom stereocenters. The number of nitrogens with zero attached hydrogens (tertiary/aromatic N) is 3. The van der Waals surface area contributed by atoms with E-state index in [1.807, 2.05) is 0 Å². The molecule has 3 aromatic rings. The molecule has 0 radical (unpaired) electrons. The van der Waals surface area contributed by atoms with E-state index < -0.39 is 15.9 Å². The first kappa shape index (κ1) is 27.1. The third-order valence-electron chi connectivity index (χ3n) is 5.09. The van der Waals surface area contributed by atoms with Gasteiger partial charge in [-0.1, -0.05) is 5.10 Å². The predicted octanol–water partition coefficient (Wildman–Crippen LogP) is 2.29. The minimum atomic E-state index is -3.81. The summed E-state index contributed by atoms with van der Waals surface area (Å²) in [7, 11) is 2.22. The van der Waals surface area contributed by atoms with Gasteiger partial charge < -0.3 is 23.4 Å². The van der Waals surface area contributed by atoms with Crippen LogP contribution in [0.2, 0.25) is 0 Å². The summed E-state index contributed by atoms with van der Waals surface area (Å²) in [5.74, 6) is 0.668.